The van der Waals surface area contributed by atoms with Gasteiger partial charge in [-0.05, 0) is 78.9 Å². The highest BCUT2D eigenvalue weighted by molar-refractivity contribution is 6.30. The molecule has 1 fully saturated rings. The van der Waals surface area contributed by atoms with Crippen molar-refractivity contribution in [2.45, 2.75) is 39.7 Å². The number of rotatable bonds is 2. The van der Waals surface area contributed by atoms with Gasteiger partial charge in [-0.2, -0.15) is 0 Å². The second kappa shape index (κ2) is 9.41. The van der Waals surface area contributed by atoms with Gasteiger partial charge in [-0.3, -0.25) is 0 Å². The van der Waals surface area contributed by atoms with Crippen molar-refractivity contribution in [1.82, 2.24) is 5.32 Å². The second-order valence-corrected chi connectivity index (χ2v) is 7.06. The van der Waals surface area contributed by atoms with E-state index in [0.29, 0.717) is 13.0 Å². The summed E-state index contributed by atoms with van der Waals surface area (Å²) in [5, 5.41) is 13.5. The molecule has 0 spiro atoms. The van der Waals surface area contributed by atoms with Gasteiger partial charge >= 0.3 is 0 Å². The van der Waals surface area contributed by atoms with Crippen LogP contribution in [0.25, 0.3) is 5.57 Å². The zero-order chi connectivity index (χ0) is 19.2. The van der Waals surface area contributed by atoms with E-state index in [4.69, 9.17) is 16.3 Å². The summed E-state index contributed by atoms with van der Waals surface area (Å²) in [4.78, 5) is 0. The van der Waals surface area contributed by atoms with Crippen LogP contribution in [0, 0.1) is 0 Å². The highest BCUT2D eigenvalue weighted by Crippen LogP contribution is 2.41. The van der Waals surface area contributed by atoms with Gasteiger partial charge in [0.1, 0.15) is 12.4 Å². The third-order valence-corrected chi connectivity index (χ3v) is 5.23. The van der Waals surface area contributed by atoms with Crippen molar-refractivity contribution in [3.8, 4) is 5.75 Å². The fraction of sp³-hybridized carbons (Fsp3) is 0.391. The lowest BCUT2D eigenvalue weighted by molar-refractivity contribution is 0.298. The van der Waals surface area contributed by atoms with Crippen molar-refractivity contribution in [3.05, 3.63) is 69.2 Å². The molecule has 0 radical (unpaired) electrons. The molecule has 0 aromatic heterocycles. The topological polar surface area (TPSA) is 41.5 Å². The van der Waals surface area contributed by atoms with Gasteiger partial charge in [0.2, 0.25) is 0 Å². The lowest BCUT2D eigenvalue weighted by atomic mass is 9.86. The molecule has 0 aliphatic carbocycles. The molecule has 2 N–H and O–H groups in total. The molecule has 27 heavy (non-hydrogen) atoms. The zero-order valence-corrected chi connectivity index (χ0v) is 16.9. The minimum atomic E-state index is 0.154. The number of aliphatic hydroxyl groups is 1. The Morgan fingerprint density at radius 1 is 1.04 bits per heavy atom. The molecule has 0 bridgehead atoms. The Kier molecular flexibility index (Phi) is 6.95. The van der Waals surface area contributed by atoms with Crippen LogP contribution < -0.4 is 10.1 Å². The number of aliphatic hydroxyl groups excluding tert-OH is 1. The predicted octanol–water partition coefficient (Wildman–Crippen LogP) is 4.98. The van der Waals surface area contributed by atoms with Crippen molar-refractivity contribution in [2.24, 2.45) is 0 Å². The van der Waals surface area contributed by atoms with E-state index in [1.54, 1.807) is 0 Å². The Bertz CT molecular complexity index is 821. The third-order valence-electron chi connectivity index (χ3n) is 4.99. The molecular weight excluding hydrogens is 358 g/mol. The molecule has 0 atom stereocenters. The van der Waals surface area contributed by atoms with E-state index in [0.717, 1.165) is 53.4 Å². The zero-order valence-electron chi connectivity index (χ0n) is 16.1. The van der Waals surface area contributed by atoms with E-state index in [-0.39, 0.29) is 6.61 Å². The van der Waals surface area contributed by atoms with Crippen LogP contribution in [0.4, 0.5) is 0 Å². The number of ether oxygens (including phenoxy) is 1. The van der Waals surface area contributed by atoms with E-state index >= 15 is 0 Å². The number of fused-ring (bicyclic) bond motifs is 2. The summed E-state index contributed by atoms with van der Waals surface area (Å²) in [5.74, 6) is 0.912. The first kappa shape index (κ1) is 19.9. The Hall–Kier alpha value is -1.81. The summed E-state index contributed by atoms with van der Waals surface area (Å²) in [6.45, 7) is 6.70. The Balaban J connectivity index is 0.00000102. The molecular formula is C23H28ClNO2. The first-order valence-corrected chi connectivity index (χ1v) is 10.2. The number of halogens is 1. The van der Waals surface area contributed by atoms with Crippen molar-refractivity contribution in [3.63, 3.8) is 0 Å². The molecule has 0 amide bonds. The number of piperidine rings is 1. The fourth-order valence-corrected chi connectivity index (χ4v) is 3.96. The quantitative estimate of drug-likeness (QED) is 0.766. The van der Waals surface area contributed by atoms with Crippen LogP contribution in [0.1, 0.15) is 48.9 Å². The van der Waals surface area contributed by atoms with Gasteiger partial charge in [-0.1, -0.05) is 43.2 Å². The SMILES string of the molecule is CC.OCCc1ccc2c(c1)C(=C1CCNCC1)c1ccc(Cl)cc1CO2. The first-order valence-electron chi connectivity index (χ1n) is 9.85. The van der Waals surface area contributed by atoms with Gasteiger partial charge in [-0.15, -0.1) is 0 Å². The standard InChI is InChI=1S/C21H22ClNO2.C2H6/c22-17-2-3-18-16(12-17)13-25-20-4-1-14(7-10-24)11-19(20)21(18)15-5-8-23-9-6-15;1-2/h1-4,11-12,23-24H,5-10,13H2;1-2H3. The Labute approximate surface area is 167 Å². The lowest BCUT2D eigenvalue weighted by Gasteiger charge is -2.22. The summed E-state index contributed by atoms with van der Waals surface area (Å²) < 4.78 is 6.11. The number of nitrogens with one attached hydrogen (secondary N) is 1. The molecule has 1 saturated heterocycles. The van der Waals surface area contributed by atoms with Gasteiger partial charge in [0.15, 0.2) is 0 Å². The molecule has 0 saturated carbocycles. The lowest BCUT2D eigenvalue weighted by Crippen LogP contribution is -2.24. The average molecular weight is 386 g/mol. The molecule has 2 aromatic carbocycles. The minimum Gasteiger partial charge on any atom is -0.488 e. The number of hydrogen-bond donors (Lipinski definition) is 2. The summed E-state index contributed by atoms with van der Waals surface area (Å²) in [6, 6.07) is 12.4. The van der Waals surface area contributed by atoms with Crippen molar-refractivity contribution in [1.29, 1.82) is 0 Å². The maximum atomic E-state index is 9.32. The highest BCUT2D eigenvalue weighted by Gasteiger charge is 2.23. The second-order valence-electron chi connectivity index (χ2n) is 6.62. The molecule has 2 aliphatic heterocycles. The number of hydrogen-bond acceptors (Lipinski definition) is 3. The first-order chi connectivity index (χ1) is 13.3. The van der Waals surface area contributed by atoms with Crippen molar-refractivity contribution in [2.75, 3.05) is 19.7 Å². The summed E-state index contributed by atoms with van der Waals surface area (Å²) in [6.07, 6.45) is 2.74. The smallest absolute Gasteiger partial charge is 0.127 e. The van der Waals surface area contributed by atoms with Crippen LogP contribution in [0.5, 0.6) is 5.75 Å². The van der Waals surface area contributed by atoms with Gasteiger partial charge in [0, 0.05) is 17.2 Å². The summed E-state index contributed by atoms with van der Waals surface area (Å²) >= 11 is 6.23. The maximum absolute atomic E-state index is 9.32. The van der Waals surface area contributed by atoms with E-state index in [9.17, 15) is 5.11 Å². The highest BCUT2D eigenvalue weighted by atomic mass is 35.5. The average Bonchev–Trinajstić information content (AvgIpc) is 2.86. The van der Waals surface area contributed by atoms with Crippen molar-refractivity contribution >= 4 is 17.2 Å². The third kappa shape index (κ3) is 4.37. The fourth-order valence-electron chi connectivity index (χ4n) is 3.77. The van der Waals surface area contributed by atoms with E-state index in [1.807, 2.05) is 38.1 Å². The van der Waals surface area contributed by atoms with E-state index in [2.05, 4.69) is 17.4 Å². The van der Waals surface area contributed by atoms with E-state index in [1.165, 1.54) is 16.7 Å². The summed E-state index contributed by atoms with van der Waals surface area (Å²) in [5.41, 5.74) is 7.39. The summed E-state index contributed by atoms with van der Waals surface area (Å²) in [7, 11) is 0. The minimum absolute atomic E-state index is 0.154. The van der Waals surface area contributed by atoms with Gasteiger partial charge < -0.3 is 15.2 Å². The van der Waals surface area contributed by atoms with Crippen LogP contribution >= 0.6 is 11.6 Å². The molecule has 2 heterocycles. The largest absolute Gasteiger partial charge is 0.488 e. The van der Waals surface area contributed by atoms with Crippen LogP contribution in [-0.4, -0.2) is 24.8 Å². The number of benzene rings is 2. The van der Waals surface area contributed by atoms with Crippen LogP contribution in [0.15, 0.2) is 42.0 Å². The predicted molar refractivity (Wildman–Crippen MR) is 112 cm³/mol. The molecule has 4 rings (SSSR count). The molecule has 3 nitrogen and oxygen atoms in total. The Morgan fingerprint density at radius 2 is 1.81 bits per heavy atom. The normalized spacial score (nSPS) is 15.7. The molecule has 0 unspecified atom stereocenters. The maximum Gasteiger partial charge on any atom is 0.127 e. The van der Waals surface area contributed by atoms with Crippen molar-refractivity contribution < 1.29 is 9.84 Å². The van der Waals surface area contributed by atoms with Crippen LogP contribution in [-0.2, 0) is 13.0 Å². The van der Waals surface area contributed by atoms with E-state index < -0.39 is 0 Å². The van der Waals surface area contributed by atoms with Gasteiger partial charge in [0.05, 0.1) is 0 Å². The molecule has 4 heteroatoms. The van der Waals surface area contributed by atoms with Crippen LogP contribution in [0.3, 0.4) is 0 Å². The molecule has 2 aromatic rings. The molecule has 2 aliphatic rings. The Morgan fingerprint density at radius 3 is 2.56 bits per heavy atom. The monoisotopic (exact) mass is 385 g/mol. The van der Waals surface area contributed by atoms with Crippen LogP contribution in [0.2, 0.25) is 5.02 Å². The molecule has 144 valence electrons. The van der Waals surface area contributed by atoms with Gasteiger partial charge in [0.25, 0.3) is 0 Å². The van der Waals surface area contributed by atoms with Gasteiger partial charge in [-0.25, -0.2) is 0 Å².